The first-order chi connectivity index (χ1) is 13.2. The molecule has 3 aromatic rings. The quantitative estimate of drug-likeness (QED) is 0.637. The van der Waals surface area contributed by atoms with Crippen molar-refractivity contribution in [3.63, 3.8) is 0 Å². The van der Waals surface area contributed by atoms with Crippen molar-refractivity contribution in [2.24, 2.45) is 13.0 Å². The lowest BCUT2D eigenvalue weighted by Crippen LogP contribution is -2.10. The van der Waals surface area contributed by atoms with Gasteiger partial charge in [0.15, 0.2) is 17.4 Å². The van der Waals surface area contributed by atoms with Gasteiger partial charge in [0.1, 0.15) is 11.5 Å². The third-order valence-electron chi connectivity index (χ3n) is 4.74. The number of fused-ring (bicyclic) bond motifs is 1. The Hall–Kier alpha value is -2.91. The number of nitrogens with zero attached hydrogens (tertiary/aromatic N) is 3. The van der Waals surface area contributed by atoms with Crippen LogP contribution in [0.5, 0.6) is 5.75 Å². The highest BCUT2D eigenvalue weighted by molar-refractivity contribution is 5.94. The average Bonchev–Trinajstić information content (AvgIpc) is 3.41. The van der Waals surface area contributed by atoms with E-state index in [2.05, 4.69) is 15.4 Å². The number of nitrogens with one attached hydrogen (secondary N) is 1. The molecule has 28 heavy (non-hydrogen) atoms. The van der Waals surface area contributed by atoms with E-state index in [0.717, 1.165) is 19.4 Å². The monoisotopic (exact) mass is 398 g/mol. The molecular formula is C18H15F5N4O. The molecule has 10 heteroatoms. The topological polar surface area (TPSA) is 63.0 Å². The highest BCUT2D eigenvalue weighted by Crippen LogP contribution is 2.41. The van der Waals surface area contributed by atoms with Gasteiger partial charge in [-0.2, -0.15) is 18.3 Å². The van der Waals surface area contributed by atoms with E-state index in [4.69, 9.17) is 0 Å². The van der Waals surface area contributed by atoms with Crippen LogP contribution in [0, 0.1) is 17.6 Å². The summed E-state index contributed by atoms with van der Waals surface area (Å²) in [4.78, 5) is 4.20. The summed E-state index contributed by atoms with van der Waals surface area (Å²) in [5, 5.41) is 17.0. The number of anilines is 1. The molecule has 1 fully saturated rings. The lowest BCUT2D eigenvalue weighted by atomic mass is 10.0. The van der Waals surface area contributed by atoms with Crippen LogP contribution in [-0.2, 0) is 13.2 Å². The van der Waals surface area contributed by atoms with Crippen LogP contribution < -0.4 is 5.32 Å². The van der Waals surface area contributed by atoms with Crippen molar-refractivity contribution in [2.45, 2.75) is 19.0 Å². The van der Waals surface area contributed by atoms with Crippen molar-refractivity contribution < 1.29 is 27.1 Å². The Morgan fingerprint density at radius 3 is 2.57 bits per heavy atom. The van der Waals surface area contributed by atoms with Crippen molar-refractivity contribution in [1.82, 2.24) is 14.8 Å². The number of alkyl halides is 3. The van der Waals surface area contributed by atoms with E-state index in [1.54, 1.807) is 13.1 Å². The number of halogens is 5. The summed E-state index contributed by atoms with van der Waals surface area (Å²) < 4.78 is 68.7. The molecule has 0 saturated heterocycles. The highest BCUT2D eigenvalue weighted by atomic mass is 19.4. The maximum absolute atomic E-state index is 14.4. The summed E-state index contributed by atoms with van der Waals surface area (Å²) in [5.41, 5.74) is -2.09. The number of aromatic hydroxyl groups is 1. The molecule has 5 nitrogen and oxygen atoms in total. The number of aryl methyl sites for hydroxylation is 1. The second-order valence-corrected chi connectivity index (χ2v) is 6.83. The van der Waals surface area contributed by atoms with Crippen LogP contribution in [0.1, 0.15) is 18.4 Å². The summed E-state index contributed by atoms with van der Waals surface area (Å²) in [5.74, 6) is -4.09. The minimum Gasteiger partial charge on any atom is -0.503 e. The predicted molar refractivity (Wildman–Crippen MR) is 91.7 cm³/mol. The van der Waals surface area contributed by atoms with E-state index in [1.807, 2.05) is 0 Å². The normalized spacial score (nSPS) is 14.6. The van der Waals surface area contributed by atoms with Crippen LogP contribution in [0.4, 0.5) is 27.8 Å². The molecule has 1 saturated carbocycles. The minimum atomic E-state index is -5.10. The average molecular weight is 398 g/mol. The molecule has 1 aromatic carbocycles. The molecule has 0 bridgehead atoms. The van der Waals surface area contributed by atoms with Gasteiger partial charge in [-0.3, -0.25) is 4.68 Å². The van der Waals surface area contributed by atoms with Crippen molar-refractivity contribution in [2.75, 3.05) is 11.9 Å². The van der Waals surface area contributed by atoms with E-state index >= 15 is 0 Å². The van der Waals surface area contributed by atoms with Gasteiger partial charge in [-0.1, -0.05) is 0 Å². The third-order valence-corrected chi connectivity index (χ3v) is 4.74. The van der Waals surface area contributed by atoms with Crippen LogP contribution in [0.3, 0.4) is 0 Å². The summed E-state index contributed by atoms with van der Waals surface area (Å²) in [7, 11) is 1.54. The van der Waals surface area contributed by atoms with Crippen LogP contribution in [0.25, 0.3) is 22.2 Å². The van der Waals surface area contributed by atoms with E-state index in [1.165, 1.54) is 10.9 Å². The minimum absolute atomic E-state index is 0.169. The first-order valence-corrected chi connectivity index (χ1v) is 8.52. The van der Waals surface area contributed by atoms with Gasteiger partial charge in [-0.25, -0.2) is 13.8 Å². The Kier molecular flexibility index (Phi) is 4.16. The number of benzene rings is 1. The van der Waals surface area contributed by atoms with E-state index < -0.39 is 34.7 Å². The molecule has 1 aliphatic carbocycles. The lowest BCUT2D eigenvalue weighted by Gasteiger charge is -2.12. The Labute approximate surface area is 155 Å². The molecule has 0 spiro atoms. The van der Waals surface area contributed by atoms with Gasteiger partial charge in [-0.05, 0) is 24.8 Å². The second-order valence-electron chi connectivity index (χ2n) is 6.83. The Bertz CT molecular complexity index is 1070. The van der Waals surface area contributed by atoms with Crippen molar-refractivity contribution in [1.29, 1.82) is 0 Å². The van der Waals surface area contributed by atoms with Crippen LogP contribution >= 0.6 is 0 Å². The zero-order chi connectivity index (χ0) is 20.2. The maximum Gasteiger partial charge on any atom is 0.419 e. The molecule has 4 rings (SSSR count). The maximum atomic E-state index is 14.4. The van der Waals surface area contributed by atoms with Gasteiger partial charge < -0.3 is 10.4 Å². The third kappa shape index (κ3) is 3.12. The first-order valence-electron chi connectivity index (χ1n) is 8.52. The molecular weight excluding hydrogens is 383 g/mol. The summed E-state index contributed by atoms with van der Waals surface area (Å²) >= 11 is 0. The van der Waals surface area contributed by atoms with E-state index in [-0.39, 0.29) is 11.1 Å². The molecule has 148 valence electrons. The molecule has 0 aliphatic heterocycles. The van der Waals surface area contributed by atoms with Crippen LogP contribution in [-0.4, -0.2) is 26.4 Å². The van der Waals surface area contributed by atoms with Crippen LogP contribution in [0.2, 0.25) is 0 Å². The number of rotatable bonds is 4. The van der Waals surface area contributed by atoms with Gasteiger partial charge in [-0.15, -0.1) is 0 Å². The number of aromatic nitrogens is 3. The molecule has 0 amide bonds. The zero-order valence-corrected chi connectivity index (χ0v) is 14.6. The SMILES string of the molecule is Cn1nc(-c2cc(C(F)(F)F)c(F)c(O)c2F)c2cnc(NCC3CC3)cc21. The number of hydrogen-bond acceptors (Lipinski definition) is 4. The predicted octanol–water partition coefficient (Wildman–Crippen LogP) is 4.46. The molecule has 2 N–H and O–H groups in total. The van der Waals surface area contributed by atoms with E-state index in [0.29, 0.717) is 23.3 Å². The zero-order valence-electron chi connectivity index (χ0n) is 14.6. The smallest absolute Gasteiger partial charge is 0.419 e. The first kappa shape index (κ1) is 18.5. The molecule has 0 unspecified atom stereocenters. The van der Waals surface area contributed by atoms with Crippen LogP contribution in [0.15, 0.2) is 18.3 Å². The molecule has 1 aliphatic rings. The Balaban J connectivity index is 1.84. The second kappa shape index (κ2) is 6.32. The number of phenols is 1. The largest absolute Gasteiger partial charge is 0.503 e. The fourth-order valence-corrected chi connectivity index (χ4v) is 3.02. The van der Waals surface area contributed by atoms with Gasteiger partial charge in [0.25, 0.3) is 0 Å². The fraction of sp³-hybridized carbons (Fsp3) is 0.333. The number of hydrogen-bond donors (Lipinski definition) is 2. The summed E-state index contributed by atoms with van der Waals surface area (Å²) in [6.45, 7) is 0.763. The van der Waals surface area contributed by atoms with Gasteiger partial charge >= 0.3 is 6.18 Å². The molecule has 0 atom stereocenters. The van der Waals surface area contributed by atoms with E-state index in [9.17, 15) is 27.1 Å². The number of pyridine rings is 1. The summed E-state index contributed by atoms with van der Waals surface area (Å²) in [6, 6.07) is 1.96. The van der Waals surface area contributed by atoms with Crippen molar-refractivity contribution >= 4 is 16.7 Å². The standard InChI is InChI=1S/C18H15F5N4O/c1-27-12-5-13(24-6-8-2-3-8)25-7-10(12)16(26-27)9-4-11(18(21,22)23)15(20)17(28)14(9)19/h4-5,7-8,28H,2-3,6H2,1H3,(H,24,25). The summed E-state index contributed by atoms with van der Waals surface area (Å²) in [6.07, 6.45) is -1.44. The highest BCUT2D eigenvalue weighted by Gasteiger charge is 2.38. The molecule has 0 radical (unpaired) electrons. The van der Waals surface area contributed by atoms with Gasteiger partial charge in [0, 0.05) is 36.8 Å². The van der Waals surface area contributed by atoms with Crippen molar-refractivity contribution in [3.8, 4) is 17.0 Å². The fourth-order valence-electron chi connectivity index (χ4n) is 3.02. The molecule has 2 heterocycles. The van der Waals surface area contributed by atoms with Crippen molar-refractivity contribution in [3.05, 3.63) is 35.5 Å². The Morgan fingerprint density at radius 2 is 1.93 bits per heavy atom. The molecule has 2 aromatic heterocycles. The van der Waals surface area contributed by atoms with Gasteiger partial charge in [0.2, 0.25) is 0 Å². The van der Waals surface area contributed by atoms with Gasteiger partial charge in [0.05, 0.1) is 11.1 Å². The number of phenolic OH excluding ortho intramolecular Hbond substituents is 1. The lowest BCUT2D eigenvalue weighted by molar-refractivity contribution is -0.140. The Morgan fingerprint density at radius 1 is 1.21 bits per heavy atom.